The minimum atomic E-state index is -5.63. The average Bonchev–Trinajstić information content (AvgIpc) is 1.82. The minimum Gasteiger partial charge on any atom is -0.776 e. The Labute approximate surface area is 169 Å². The molecule has 0 saturated heterocycles. The van der Waals surface area contributed by atoms with E-state index in [9.17, 15) is 18.9 Å². The van der Waals surface area contributed by atoms with Crippen LogP contribution in [0.3, 0.4) is 0 Å². The molecule has 0 fully saturated rings. The second kappa shape index (κ2) is 22.9. The predicted octanol–water partition coefficient (Wildman–Crippen LogP) is -14.7. The fourth-order valence-corrected chi connectivity index (χ4v) is 2.74. The summed E-state index contributed by atoms with van der Waals surface area (Å²) >= 11 is 0. The van der Waals surface area contributed by atoms with E-state index in [0.717, 1.165) is 0 Å². The van der Waals surface area contributed by atoms with Gasteiger partial charge in [0.2, 0.25) is 0 Å². The van der Waals surface area contributed by atoms with E-state index in [4.69, 9.17) is 20.6 Å². The van der Waals surface area contributed by atoms with Crippen LogP contribution in [-0.2, 0) is 9.13 Å². The third kappa shape index (κ3) is 16.8. The van der Waals surface area contributed by atoms with E-state index in [1.807, 2.05) is 0 Å². The molecule has 2 atom stereocenters. The van der Waals surface area contributed by atoms with Crippen molar-refractivity contribution in [2.45, 2.75) is 11.5 Å². The van der Waals surface area contributed by atoms with Gasteiger partial charge >= 0.3 is 59.1 Å². The molecule has 0 aliphatic rings. The van der Waals surface area contributed by atoms with Gasteiger partial charge in [0, 0.05) is 6.42 Å². The van der Waals surface area contributed by atoms with Gasteiger partial charge in [-0.05, 0) is 6.54 Å². The molecular weight excluding hydrogens is 382 g/mol. The van der Waals surface area contributed by atoms with Gasteiger partial charge in [0.15, 0.2) is 20.3 Å². The van der Waals surface area contributed by atoms with Crippen LogP contribution >= 0.6 is 15.2 Å². The maximum atomic E-state index is 10.4. The number of hydrogen-bond donors (Lipinski definition) is 4. The zero-order valence-electron chi connectivity index (χ0n) is 11.9. The Bertz CT molecular complexity index is 257. The van der Waals surface area contributed by atoms with Crippen LogP contribution < -0.4 is 74.6 Å². The van der Waals surface area contributed by atoms with Crippen LogP contribution in [0.5, 0.6) is 0 Å². The largest absolute Gasteiger partial charge is 1.00 e. The Morgan fingerprint density at radius 2 is 1.00 bits per heavy atom. The van der Waals surface area contributed by atoms with Gasteiger partial charge in [0.25, 0.3) is 0 Å². The molecule has 136 valence electrons. The Balaban J connectivity index is -0.0000000200. The van der Waals surface area contributed by atoms with E-state index < -0.39 is 33.2 Å². The normalized spacial score (nSPS) is 15.2. The summed E-state index contributed by atoms with van der Waals surface area (Å²) in [7, 11) is -11.3. The molecule has 0 bridgehead atoms. The smallest absolute Gasteiger partial charge is 0.776 e. The number of hydrogen-bond acceptors (Lipinski definition) is 6. The van der Waals surface area contributed by atoms with Gasteiger partial charge in [-0.3, -0.25) is 0 Å². The summed E-state index contributed by atoms with van der Waals surface area (Å²) in [4.78, 5) is 37.6. The SMILES string of the molecule is NCCC(O)(P(=O)([O-])O)P(=O)([O-])O.O.O.O.O.O.O.O.[Na+].[Na+]. The fraction of sp³-hybridized carbons (Fsp3) is 1.00. The molecule has 2 unspecified atom stereocenters. The van der Waals surface area contributed by atoms with Gasteiger partial charge in [-0.1, -0.05) is 0 Å². The first-order valence-electron chi connectivity index (χ1n) is 3.06. The van der Waals surface area contributed by atoms with Gasteiger partial charge in [-0.2, -0.15) is 0 Å². The molecule has 19 N–H and O–H groups in total. The second-order valence-electron chi connectivity index (χ2n) is 2.35. The van der Waals surface area contributed by atoms with Gasteiger partial charge in [0.05, 0.1) is 0 Å². The summed E-state index contributed by atoms with van der Waals surface area (Å²) in [6.07, 6.45) is -0.998. The molecule has 0 aromatic heterocycles. The standard InChI is InChI=1S/C3H11NO7P2.2Na.7H2O/c4-2-1-3(5,12(6,7)8)13(9,10)11;;;;;;;;;/h5H,1-2,4H2,(H2,6,7,8)(H2,9,10,11);;;7*1H2/q;2*+1;;;;;;;/p-2. The molecule has 0 amide bonds. The van der Waals surface area contributed by atoms with Gasteiger partial charge in [-0.25, -0.2) is 0 Å². The van der Waals surface area contributed by atoms with Crippen LogP contribution in [0.25, 0.3) is 0 Å². The molecule has 0 saturated carbocycles. The van der Waals surface area contributed by atoms with Crippen molar-refractivity contribution < 1.29 is 131 Å². The van der Waals surface area contributed by atoms with Crippen molar-refractivity contribution in [1.29, 1.82) is 0 Å². The van der Waals surface area contributed by atoms with Crippen LogP contribution in [0.2, 0.25) is 0 Å². The monoisotopic (exact) mass is 405 g/mol. The molecule has 0 aliphatic carbocycles. The first-order chi connectivity index (χ1) is 5.56. The van der Waals surface area contributed by atoms with Crippen molar-refractivity contribution in [3.05, 3.63) is 0 Å². The maximum Gasteiger partial charge on any atom is 1.00 e. The van der Waals surface area contributed by atoms with Crippen molar-refractivity contribution >= 4 is 15.2 Å². The Morgan fingerprint density at radius 1 is 0.818 bits per heavy atom. The summed E-state index contributed by atoms with van der Waals surface area (Å²) in [5.41, 5.74) is 4.81. The minimum absolute atomic E-state index is 0. The zero-order chi connectivity index (χ0) is 10.9. The molecule has 0 aliphatic heterocycles. The van der Waals surface area contributed by atoms with Crippen molar-refractivity contribution in [2.24, 2.45) is 5.73 Å². The summed E-state index contributed by atoms with van der Waals surface area (Å²) in [5.74, 6) is 0. The van der Waals surface area contributed by atoms with E-state index >= 15 is 0 Å². The van der Waals surface area contributed by atoms with E-state index in [2.05, 4.69) is 0 Å². The molecule has 0 heterocycles. The van der Waals surface area contributed by atoms with Crippen LogP contribution in [0.15, 0.2) is 0 Å². The fourth-order valence-electron chi connectivity index (χ4n) is 0.636. The van der Waals surface area contributed by atoms with E-state index in [0.29, 0.717) is 0 Å². The van der Waals surface area contributed by atoms with Crippen molar-refractivity contribution in [3.63, 3.8) is 0 Å². The first-order valence-corrected chi connectivity index (χ1v) is 6.22. The zero-order valence-corrected chi connectivity index (χ0v) is 17.6. The van der Waals surface area contributed by atoms with Crippen molar-refractivity contribution in [1.82, 2.24) is 0 Å². The summed E-state index contributed by atoms with van der Waals surface area (Å²) < 4.78 is 20.9. The van der Waals surface area contributed by atoms with Crippen LogP contribution in [0.4, 0.5) is 0 Å². The predicted molar refractivity (Wildman–Crippen MR) is 63.6 cm³/mol. The summed E-state index contributed by atoms with van der Waals surface area (Å²) in [6.45, 7) is -0.532. The van der Waals surface area contributed by atoms with Gasteiger partial charge < -0.3 is 77.9 Å². The quantitative estimate of drug-likeness (QED) is 0.256. The topological polar surface area (TPSA) is 387 Å². The van der Waals surface area contributed by atoms with E-state index in [1.54, 1.807) is 0 Å². The number of aliphatic hydroxyl groups is 1. The molecule has 22 heavy (non-hydrogen) atoms. The Hall–Kier alpha value is 1.94. The molecular formula is C3H23NNa2O14P2. The average molecular weight is 405 g/mol. The Kier molecular flexibility index (Phi) is 67.6. The second-order valence-corrected chi connectivity index (χ2v) is 6.27. The third-order valence-electron chi connectivity index (χ3n) is 1.38. The van der Waals surface area contributed by atoms with E-state index in [1.165, 1.54) is 0 Å². The summed E-state index contributed by atoms with van der Waals surface area (Å²) in [5, 5.41) is 5.36. The van der Waals surface area contributed by atoms with Crippen LogP contribution in [-0.4, -0.2) is 64.9 Å². The molecule has 0 radical (unpaired) electrons. The first kappa shape index (κ1) is 64.8. The molecule has 0 aromatic carbocycles. The molecule has 0 aromatic rings. The number of rotatable bonds is 4. The van der Waals surface area contributed by atoms with Crippen molar-refractivity contribution in [2.75, 3.05) is 6.54 Å². The van der Waals surface area contributed by atoms with Gasteiger partial charge in [0.1, 0.15) is 0 Å². The summed E-state index contributed by atoms with van der Waals surface area (Å²) in [6, 6.07) is 0. The molecule has 0 spiro atoms. The van der Waals surface area contributed by atoms with E-state index in [-0.39, 0.29) is 97.4 Å². The third-order valence-corrected chi connectivity index (χ3v) is 5.16. The molecule has 15 nitrogen and oxygen atoms in total. The molecule has 19 heteroatoms. The molecule has 0 rings (SSSR count). The number of nitrogens with two attached hydrogens (primary N) is 1. The Morgan fingerprint density at radius 3 is 1.05 bits per heavy atom. The van der Waals surface area contributed by atoms with Crippen LogP contribution in [0, 0.1) is 0 Å². The maximum absolute atomic E-state index is 10.4. The van der Waals surface area contributed by atoms with Crippen LogP contribution in [0.1, 0.15) is 6.42 Å². The van der Waals surface area contributed by atoms with Crippen molar-refractivity contribution in [3.8, 4) is 0 Å². The van der Waals surface area contributed by atoms with Gasteiger partial charge in [-0.15, -0.1) is 0 Å².